The monoisotopic (exact) mass is 524 g/mol. The maximum Gasteiger partial charge on any atom is 0.166 e. The zero-order valence-corrected chi connectivity index (χ0v) is 20.8. The van der Waals surface area contributed by atoms with Gasteiger partial charge in [-0.15, -0.1) is 0 Å². The molecule has 0 spiro atoms. The van der Waals surface area contributed by atoms with Gasteiger partial charge in [0.05, 0.1) is 16.8 Å². The van der Waals surface area contributed by atoms with Gasteiger partial charge in [-0.05, 0) is 61.6 Å². The minimum absolute atomic E-state index is 0.116. The molecule has 35 heavy (non-hydrogen) atoms. The highest BCUT2D eigenvalue weighted by molar-refractivity contribution is 9.10. The van der Waals surface area contributed by atoms with Crippen LogP contribution >= 0.6 is 15.9 Å². The van der Waals surface area contributed by atoms with Crippen LogP contribution in [-0.2, 0) is 5.60 Å². The van der Waals surface area contributed by atoms with Crippen LogP contribution < -0.4 is 0 Å². The number of pyridine rings is 1. The first-order valence-corrected chi connectivity index (χ1v) is 12.8. The summed E-state index contributed by atoms with van der Waals surface area (Å²) in [5, 5.41) is 13.2. The molecular weight excluding hydrogens is 500 g/mol. The van der Waals surface area contributed by atoms with E-state index in [2.05, 4.69) is 27.0 Å². The zero-order chi connectivity index (χ0) is 24.0. The van der Waals surface area contributed by atoms with Gasteiger partial charge >= 0.3 is 0 Å². The quantitative estimate of drug-likeness (QED) is 0.240. The maximum absolute atomic E-state index is 13.9. The normalized spacial score (nSPS) is 20.3. The van der Waals surface area contributed by atoms with Gasteiger partial charge in [-0.1, -0.05) is 64.5 Å². The van der Waals surface area contributed by atoms with E-state index in [4.69, 9.17) is 4.98 Å². The van der Waals surface area contributed by atoms with Crippen molar-refractivity contribution < 1.29 is 9.90 Å². The molecule has 5 aromatic rings. The summed E-state index contributed by atoms with van der Waals surface area (Å²) in [5.41, 5.74) is 4.39. The predicted molar refractivity (Wildman–Crippen MR) is 143 cm³/mol. The van der Waals surface area contributed by atoms with Crippen LogP contribution in [0.4, 0.5) is 0 Å². The smallest absolute Gasteiger partial charge is 0.166 e. The van der Waals surface area contributed by atoms with Crippen molar-refractivity contribution >= 4 is 43.5 Å². The average molecular weight is 525 g/mol. The number of hydrogen-bond acceptors (Lipinski definition) is 3. The van der Waals surface area contributed by atoms with Crippen molar-refractivity contribution in [3.05, 3.63) is 101 Å². The fourth-order valence-corrected chi connectivity index (χ4v) is 5.80. The van der Waals surface area contributed by atoms with Crippen molar-refractivity contribution in [2.24, 2.45) is 5.92 Å². The van der Waals surface area contributed by atoms with Crippen molar-refractivity contribution in [1.29, 1.82) is 0 Å². The largest absolute Gasteiger partial charge is 0.385 e. The number of benzene rings is 3. The van der Waals surface area contributed by atoms with Crippen molar-refractivity contribution in [2.45, 2.75) is 31.3 Å². The number of aromatic nitrogens is 2. The molecule has 1 aliphatic rings. The summed E-state index contributed by atoms with van der Waals surface area (Å²) in [4.78, 5) is 22.1. The Labute approximate surface area is 212 Å². The van der Waals surface area contributed by atoms with E-state index < -0.39 is 5.60 Å². The molecule has 4 nitrogen and oxygen atoms in total. The number of nitrogens with one attached hydrogen (secondary N) is 1. The highest BCUT2D eigenvalue weighted by Gasteiger charge is 2.37. The lowest BCUT2D eigenvalue weighted by atomic mass is 9.73. The number of carbonyl (C=O) groups is 1. The minimum Gasteiger partial charge on any atom is -0.385 e. The Kier molecular flexibility index (Phi) is 5.54. The molecule has 2 heterocycles. The number of hydrogen-bond donors (Lipinski definition) is 2. The number of halogens is 1. The van der Waals surface area contributed by atoms with Crippen LogP contribution in [0.5, 0.6) is 0 Å². The number of ketones is 1. The van der Waals surface area contributed by atoms with Crippen molar-refractivity contribution in [3.63, 3.8) is 0 Å². The molecule has 174 valence electrons. The Bertz CT molecular complexity index is 1550. The molecule has 0 aliphatic heterocycles. The molecule has 0 atom stereocenters. The van der Waals surface area contributed by atoms with Gasteiger partial charge in [0.15, 0.2) is 5.78 Å². The van der Waals surface area contributed by atoms with E-state index >= 15 is 0 Å². The molecule has 0 unspecified atom stereocenters. The van der Waals surface area contributed by atoms with Gasteiger partial charge in [-0.25, -0.2) is 4.98 Å². The lowest BCUT2D eigenvalue weighted by Gasteiger charge is -2.36. The fourth-order valence-electron chi connectivity index (χ4n) is 5.44. The van der Waals surface area contributed by atoms with Crippen molar-refractivity contribution in [1.82, 2.24) is 9.97 Å². The van der Waals surface area contributed by atoms with E-state index in [9.17, 15) is 9.90 Å². The summed E-state index contributed by atoms with van der Waals surface area (Å²) < 4.78 is 0.996. The molecule has 1 saturated carbocycles. The molecule has 2 aromatic heterocycles. The van der Waals surface area contributed by atoms with Gasteiger partial charge in [0.1, 0.15) is 0 Å². The van der Waals surface area contributed by atoms with Gasteiger partial charge in [-0.2, -0.15) is 0 Å². The molecule has 0 bridgehead atoms. The van der Waals surface area contributed by atoms with Gasteiger partial charge in [0, 0.05) is 44.0 Å². The van der Waals surface area contributed by atoms with E-state index in [-0.39, 0.29) is 11.7 Å². The first-order valence-electron chi connectivity index (χ1n) is 12.0. The van der Waals surface area contributed by atoms with E-state index in [1.165, 1.54) is 0 Å². The second-order valence-electron chi connectivity index (χ2n) is 9.50. The summed E-state index contributed by atoms with van der Waals surface area (Å²) in [6, 6.07) is 25.8. The fraction of sp³-hybridized carbons (Fsp3) is 0.200. The Morgan fingerprint density at radius 2 is 1.69 bits per heavy atom. The van der Waals surface area contributed by atoms with Crippen molar-refractivity contribution in [2.75, 3.05) is 0 Å². The highest BCUT2D eigenvalue weighted by atomic mass is 79.9. The van der Waals surface area contributed by atoms with Gasteiger partial charge < -0.3 is 10.1 Å². The third kappa shape index (κ3) is 3.99. The topological polar surface area (TPSA) is 66.0 Å². The zero-order valence-electron chi connectivity index (χ0n) is 19.2. The van der Waals surface area contributed by atoms with Crippen LogP contribution in [0.1, 0.15) is 41.6 Å². The number of para-hydroxylation sites is 1. The number of rotatable bonds is 4. The molecule has 6 rings (SSSR count). The van der Waals surface area contributed by atoms with E-state index in [1.54, 1.807) is 0 Å². The van der Waals surface area contributed by atoms with Crippen molar-refractivity contribution in [3.8, 4) is 11.3 Å². The Hall–Kier alpha value is -3.28. The van der Waals surface area contributed by atoms with Crippen LogP contribution in [0, 0.1) is 5.92 Å². The molecule has 0 radical (unpaired) electrons. The molecule has 3 aromatic carbocycles. The number of carbonyl (C=O) groups excluding carboxylic acids is 1. The molecule has 0 amide bonds. The summed E-state index contributed by atoms with van der Waals surface area (Å²) >= 11 is 3.57. The predicted octanol–water partition coefficient (Wildman–Crippen LogP) is 7.41. The first kappa shape index (κ1) is 22.2. The van der Waals surface area contributed by atoms with Crippen LogP contribution in [0.3, 0.4) is 0 Å². The standard InChI is InChI=1S/C30H25BrN2O2/c31-21-10-11-26-23(16-21)25(18-32-26)28-17-24(22-8-4-5-9-27(22)33-28)29(34)19-12-14-30(35,15-13-19)20-6-2-1-3-7-20/h1-11,16-19,32,35H,12-15H2. The Morgan fingerprint density at radius 3 is 2.49 bits per heavy atom. The minimum atomic E-state index is -0.860. The summed E-state index contributed by atoms with van der Waals surface area (Å²) in [5.74, 6) is 0.0238. The SMILES string of the molecule is O=C(c1cc(-c2c[nH]c3ccc(Br)cc23)nc2ccccc12)C1CCC(O)(c2ccccc2)CC1. The second kappa shape index (κ2) is 8.74. The van der Waals surface area contributed by atoms with Gasteiger partial charge in [0.25, 0.3) is 0 Å². The van der Waals surface area contributed by atoms with E-state index in [0.717, 1.165) is 43.1 Å². The summed E-state index contributed by atoms with van der Waals surface area (Å²) in [7, 11) is 0. The van der Waals surface area contributed by atoms with E-state index in [0.29, 0.717) is 31.2 Å². The maximum atomic E-state index is 13.9. The molecular formula is C30H25BrN2O2. The lowest BCUT2D eigenvalue weighted by Crippen LogP contribution is -2.34. The number of nitrogens with zero attached hydrogens (tertiary/aromatic N) is 1. The number of Topliss-reactive ketones (excluding diaryl/α,β-unsaturated/α-hetero) is 1. The molecule has 2 N–H and O–H groups in total. The number of aromatic amines is 1. The lowest BCUT2D eigenvalue weighted by molar-refractivity contribution is -0.0115. The highest BCUT2D eigenvalue weighted by Crippen LogP contribution is 2.41. The van der Waals surface area contributed by atoms with Crippen LogP contribution in [-0.4, -0.2) is 20.9 Å². The summed E-state index contributed by atoms with van der Waals surface area (Å²) in [6.07, 6.45) is 4.45. The van der Waals surface area contributed by atoms with Crippen LogP contribution in [0.15, 0.2) is 89.5 Å². The third-order valence-electron chi connectivity index (χ3n) is 7.40. The molecule has 1 aliphatic carbocycles. The molecule has 5 heteroatoms. The third-order valence-corrected chi connectivity index (χ3v) is 7.89. The summed E-state index contributed by atoms with van der Waals surface area (Å²) in [6.45, 7) is 0. The first-order chi connectivity index (χ1) is 17.0. The Morgan fingerprint density at radius 1 is 0.943 bits per heavy atom. The van der Waals surface area contributed by atoms with Crippen LogP contribution in [0.25, 0.3) is 33.1 Å². The number of aliphatic hydroxyl groups is 1. The number of H-pyrrole nitrogens is 1. The number of fused-ring (bicyclic) bond motifs is 2. The average Bonchev–Trinajstić information content (AvgIpc) is 3.32. The second-order valence-corrected chi connectivity index (χ2v) is 10.4. The van der Waals surface area contributed by atoms with E-state index in [1.807, 2.05) is 79.0 Å². The van der Waals surface area contributed by atoms with Gasteiger partial charge in [0.2, 0.25) is 0 Å². The molecule has 0 saturated heterocycles. The Balaban J connectivity index is 1.37. The molecule has 1 fully saturated rings. The van der Waals surface area contributed by atoms with Crippen LogP contribution in [0.2, 0.25) is 0 Å². The van der Waals surface area contributed by atoms with Gasteiger partial charge in [-0.3, -0.25) is 4.79 Å².